The van der Waals surface area contributed by atoms with Gasteiger partial charge in [-0.2, -0.15) is 0 Å². The molecule has 4 N–H and O–H groups in total. The Morgan fingerprint density at radius 1 is 0.850 bits per heavy atom. The molecule has 7 nitrogen and oxygen atoms in total. The molecule has 0 radical (unpaired) electrons. The molecule has 0 bridgehead atoms. The van der Waals surface area contributed by atoms with Gasteiger partial charge in [-0.25, -0.2) is 0 Å². The molecule has 0 aromatic heterocycles. The van der Waals surface area contributed by atoms with E-state index in [4.69, 9.17) is 19.6 Å². The highest BCUT2D eigenvalue weighted by molar-refractivity contribution is 7.52. The first-order valence-corrected chi connectivity index (χ1v) is 10.4. The van der Waals surface area contributed by atoms with E-state index in [0.717, 1.165) is 30.6 Å². The van der Waals surface area contributed by atoms with Crippen molar-refractivity contribution in [2.75, 3.05) is 19.1 Å². The summed E-state index contributed by atoms with van der Waals surface area (Å²) < 4.78 is 21.9. The van der Waals surface area contributed by atoms with Gasteiger partial charge in [0.05, 0.1) is 0 Å². The van der Waals surface area contributed by atoms with Crippen molar-refractivity contribution < 1.29 is 28.7 Å². The number of hydrogen-bond donors (Lipinski definition) is 4. The topological polar surface area (TPSA) is 118 Å². The maximum absolute atomic E-state index is 10.9. The standard InChI is InChI=1S/C11H27NO6P2/c1-11(2)7-5-3-4-6-8-12(9-19(13,14)15)10-20(16,17)18/h11H,3-10H2,1-2H3,(H2,13,14,15)(H2,16,17,18). The normalized spacial score (nSPS) is 13.4. The molecular weight excluding hydrogens is 304 g/mol. The third kappa shape index (κ3) is 14.7. The third-order valence-corrected chi connectivity index (χ3v) is 4.31. The molecule has 9 heteroatoms. The Hall–Kier alpha value is 0.260. The van der Waals surface area contributed by atoms with Crippen LogP contribution >= 0.6 is 15.2 Å². The van der Waals surface area contributed by atoms with Gasteiger partial charge >= 0.3 is 15.2 Å². The number of rotatable bonds is 11. The van der Waals surface area contributed by atoms with Crippen molar-refractivity contribution in [2.45, 2.75) is 46.0 Å². The Balaban J connectivity index is 4.04. The van der Waals surface area contributed by atoms with Crippen molar-refractivity contribution in [3.8, 4) is 0 Å². The zero-order valence-electron chi connectivity index (χ0n) is 12.2. The van der Waals surface area contributed by atoms with E-state index in [-0.39, 0.29) is 6.54 Å². The molecule has 0 aromatic carbocycles. The highest BCUT2D eigenvalue weighted by Gasteiger charge is 2.25. The average molecular weight is 331 g/mol. The lowest BCUT2D eigenvalue weighted by atomic mass is 10.0. The van der Waals surface area contributed by atoms with Crippen LogP contribution in [0, 0.1) is 5.92 Å². The van der Waals surface area contributed by atoms with Crippen LogP contribution in [0.25, 0.3) is 0 Å². The minimum atomic E-state index is -4.30. The van der Waals surface area contributed by atoms with Gasteiger partial charge in [-0.3, -0.25) is 14.0 Å². The Morgan fingerprint density at radius 3 is 1.70 bits per heavy atom. The molecule has 0 unspecified atom stereocenters. The predicted molar refractivity (Wildman–Crippen MR) is 78.5 cm³/mol. The molecule has 0 rings (SSSR count). The molecular formula is C11H27NO6P2. The van der Waals surface area contributed by atoms with Gasteiger partial charge in [-0.05, 0) is 18.9 Å². The van der Waals surface area contributed by atoms with E-state index >= 15 is 0 Å². The minimum absolute atomic E-state index is 0.290. The maximum atomic E-state index is 10.9. The first kappa shape index (κ1) is 20.3. The van der Waals surface area contributed by atoms with Gasteiger partial charge in [0.15, 0.2) is 0 Å². The van der Waals surface area contributed by atoms with E-state index in [1.165, 1.54) is 0 Å². The predicted octanol–water partition coefficient (Wildman–Crippen LogP) is 2.17. The highest BCUT2D eigenvalue weighted by atomic mass is 31.2. The fourth-order valence-corrected chi connectivity index (χ4v) is 3.63. The van der Waals surface area contributed by atoms with Crippen molar-refractivity contribution in [1.29, 1.82) is 0 Å². The van der Waals surface area contributed by atoms with Crippen molar-refractivity contribution >= 4 is 15.2 Å². The second-order valence-electron chi connectivity index (χ2n) is 5.60. The van der Waals surface area contributed by atoms with Crippen molar-refractivity contribution in [2.24, 2.45) is 5.92 Å². The Morgan fingerprint density at radius 2 is 1.30 bits per heavy atom. The molecule has 0 fully saturated rings. The van der Waals surface area contributed by atoms with Crippen LogP contribution in [0.3, 0.4) is 0 Å². The molecule has 122 valence electrons. The molecule has 20 heavy (non-hydrogen) atoms. The van der Waals surface area contributed by atoms with Crippen LogP contribution in [-0.4, -0.2) is 43.6 Å². The molecule has 0 saturated carbocycles. The first-order chi connectivity index (χ1) is 8.99. The zero-order chi connectivity index (χ0) is 15.8. The summed E-state index contributed by atoms with van der Waals surface area (Å²) >= 11 is 0. The SMILES string of the molecule is CC(C)CCCCCCN(CP(=O)(O)O)CP(=O)(O)O. The van der Waals surface area contributed by atoms with Gasteiger partial charge in [-0.15, -0.1) is 0 Å². The van der Waals surface area contributed by atoms with Crippen molar-refractivity contribution in [1.82, 2.24) is 4.90 Å². The monoisotopic (exact) mass is 331 g/mol. The summed E-state index contributed by atoms with van der Waals surface area (Å²) in [5.74, 6) is 0.663. The summed E-state index contributed by atoms with van der Waals surface area (Å²) in [6.07, 6.45) is 3.64. The average Bonchev–Trinajstić information content (AvgIpc) is 2.17. The minimum Gasteiger partial charge on any atom is -0.324 e. The van der Waals surface area contributed by atoms with E-state index in [0.29, 0.717) is 12.3 Å². The van der Waals surface area contributed by atoms with E-state index in [1.54, 1.807) is 0 Å². The molecule has 0 aliphatic heterocycles. The molecule has 0 spiro atoms. The summed E-state index contributed by atoms with van der Waals surface area (Å²) in [5.41, 5.74) is 0. The molecule has 0 saturated heterocycles. The van der Waals surface area contributed by atoms with Crippen LogP contribution in [0.5, 0.6) is 0 Å². The quantitative estimate of drug-likeness (QED) is 0.338. The molecule has 0 aliphatic rings. The van der Waals surface area contributed by atoms with Gasteiger partial charge in [0, 0.05) is 0 Å². The van der Waals surface area contributed by atoms with Crippen molar-refractivity contribution in [3.05, 3.63) is 0 Å². The summed E-state index contributed by atoms with van der Waals surface area (Å²) in [6, 6.07) is 0. The summed E-state index contributed by atoms with van der Waals surface area (Å²) in [6.45, 7) is 4.60. The molecule has 0 aliphatic carbocycles. The van der Waals surface area contributed by atoms with Gasteiger partial charge < -0.3 is 19.6 Å². The molecule has 0 heterocycles. The Labute approximate surface area is 120 Å². The fourth-order valence-electron chi connectivity index (χ4n) is 1.95. The number of hydrogen-bond acceptors (Lipinski definition) is 3. The first-order valence-electron chi connectivity index (χ1n) is 6.81. The second-order valence-corrected chi connectivity index (χ2v) is 8.83. The van der Waals surface area contributed by atoms with Crippen LogP contribution in [0.1, 0.15) is 46.0 Å². The molecule has 0 amide bonds. The lowest BCUT2D eigenvalue weighted by Gasteiger charge is -2.22. The maximum Gasteiger partial charge on any atom is 0.339 e. The highest BCUT2D eigenvalue weighted by Crippen LogP contribution is 2.40. The van der Waals surface area contributed by atoms with Crippen molar-refractivity contribution in [3.63, 3.8) is 0 Å². The van der Waals surface area contributed by atoms with Crippen LogP contribution in [0.2, 0.25) is 0 Å². The van der Waals surface area contributed by atoms with Crippen LogP contribution in [-0.2, 0) is 9.13 Å². The lowest BCUT2D eigenvalue weighted by Crippen LogP contribution is -2.27. The van der Waals surface area contributed by atoms with Gasteiger partial charge in [0.25, 0.3) is 0 Å². The van der Waals surface area contributed by atoms with Crippen LogP contribution in [0.15, 0.2) is 0 Å². The van der Waals surface area contributed by atoms with E-state index in [2.05, 4.69) is 13.8 Å². The molecule has 0 atom stereocenters. The number of unbranched alkanes of at least 4 members (excludes halogenated alkanes) is 3. The summed E-state index contributed by atoms with van der Waals surface area (Å²) in [7, 11) is -8.60. The van der Waals surface area contributed by atoms with E-state index in [1.807, 2.05) is 0 Å². The van der Waals surface area contributed by atoms with Crippen LogP contribution in [0.4, 0.5) is 0 Å². The van der Waals surface area contributed by atoms with E-state index in [9.17, 15) is 9.13 Å². The zero-order valence-corrected chi connectivity index (χ0v) is 14.0. The molecule has 0 aromatic rings. The smallest absolute Gasteiger partial charge is 0.324 e. The number of nitrogens with zero attached hydrogens (tertiary/aromatic N) is 1. The van der Waals surface area contributed by atoms with Gasteiger partial charge in [0.1, 0.15) is 12.6 Å². The summed E-state index contributed by atoms with van der Waals surface area (Å²) in [5, 5.41) is 0. The fraction of sp³-hybridized carbons (Fsp3) is 1.00. The summed E-state index contributed by atoms with van der Waals surface area (Å²) in [4.78, 5) is 36.8. The van der Waals surface area contributed by atoms with E-state index < -0.39 is 27.8 Å². The Bertz CT molecular complexity index is 327. The Kier molecular flexibility index (Phi) is 9.43. The van der Waals surface area contributed by atoms with Crippen LogP contribution < -0.4 is 0 Å². The largest absolute Gasteiger partial charge is 0.339 e. The van der Waals surface area contributed by atoms with Gasteiger partial charge in [-0.1, -0.05) is 39.5 Å². The van der Waals surface area contributed by atoms with Gasteiger partial charge in [0.2, 0.25) is 0 Å². The second kappa shape index (κ2) is 9.31. The lowest BCUT2D eigenvalue weighted by molar-refractivity contribution is 0.273. The third-order valence-electron chi connectivity index (χ3n) is 2.77.